The fourth-order valence-electron chi connectivity index (χ4n) is 3.91. The summed E-state index contributed by atoms with van der Waals surface area (Å²) in [6.07, 6.45) is 7.95. The lowest BCUT2D eigenvalue weighted by Gasteiger charge is -2.41. The predicted molar refractivity (Wildman–Crippen MR) is 76.6 cm³/mol. The molecule has 1 saturated heterocycles. The van der Waals surface area contributed by atoms with E-state index in [9.17, 15) is 4.39 Å². The Morgan fingerprint density at radius 3 is 2.42 bits per heavy atom. The molecule has 0 aromatic heterocycles. The molecule has 1 aromatic carbocycles. The van der Waals surface area contributed by atoms with Crippen molar-refractivity contribution in [3.63, 3.8) is 0 Å². The first-order chi connectivity index (χ1) is 9.24. The monoisotopic (exact) mass is 262 g/mol. The summed E-state index contributed by atoms with van der Waals surface area (Å²) >= 11 is 0. The summed E-state index contributed by atoms with van der Waals surface area (Å²) in [4.78, 5) is 2.21. The Kier molecular flexibility index (Phi) is 3.48. The van der Waals surface area contributed by atoms with Gasteiger partial charge in [0.1, 0.15) is 5.82 Å². The zero-order valence-corrected chi connectivity index (χ0v) is 11.5. The van der Waals surface area contributed by atoms with E-state index < -0.39 is 0 Å². The van der Waals surface area contributed by atoms with E-state index in [-0.39, 0.29) is 5.82 Å². The molecular formula is C16H23FN2. The second-order valence-electron chi connectivity index (χ2n) is 6.15. The van der Waals surface area contributed by atoms with E-state index in [2.05, 4.69) is 4.90 Å². The van der Waals surface area contributed by atoms with Gasteiger partial charge in [0.25, 0.3) is 0 Å². The lowest BCUT2D eigenvalue weighted by atomic mass is 9.77. The normalized spacial score (nSPS) is 22.1. The fraction of sp³-hybridized carbons (Fsp3) is 0.625. The highest BCUT2D eigenvalue weighted by Crippen LogP contribution is 2.47. The van der Waals surface area contributed by atoms with E-state index in [0.29, 0.717) is 12.0 Å². The quantitative estimate of drug-likeness (QED) is 0.884. The molecule has 104 valence electrons. The number of benzene rings is 1. The minimum absolute atomic E-state index is 0.120. The van der Waals surface area contributed by atoms with E-state index in [1.165, 1.54) is 38.5 Å². The third-order valence-electron chi connectivity index (χ3n) is 5.09. The minimum atomic E-state index is -0.120. The van der Waals surface area contributed by atoms with Crippen LogP contribution in [0.4, 0.5) is 10.1 Å². The van der Waals surface area contributed by atoms with Crippen LogP contribution in [0.3, 0.4) is 0 Å². The summed E-state index contributed by atoms with van der Waals surface area (Å²) in [6, 6.07) is 5.25. The van der Waals surface area contributed by atoms with Gasteiger partial charge in [-0.3, -0.25) is 0 Å². The standard InChI is InChI=1S/C16H23FN2/c17-14-5-3-4-13(12-18)15(14)19-10-8-16(9-11-19)6-1-2-7-16/h3-5H,1-2,6-12,18H2. The van der Waals surface area contributed by atoms with Crippen LogP contribution >= 0.6 is 0 Å². The van der Waals surface area contributed by atoms with Gasteiger partial charge in [-0.05, 0) is 42.7 Å². The SMILES string of the molecule is NCc1cccc(F)c1N1CCC2(CCCC2)CC1. The number of halogens is 1. The number of nitrogens with two attached hydrogens (primary N) is 1. The maximum absolute atomic E-state index is 14.1. The Labute approximate surface area is 114 Å². The van der Waals surface area contributed by atoms with Crippen LogP contribution in [0, 0.1) is 11.2 Å². The van der Waals surface area contributed by atoms with Gasteiger partial charge < -0.3 is 10.6 Å². The number of hydrogen-bond donors (Lipinski definition) is 1. The van der Waals surface area contributed by atoms with E-state index in [0.717, 1.165) is 24.3 Å². The van der Waals surface area contributed by atoms with Crippen molar-refractivity contribution in [2.24, 2.45) is 11.1 Å². The summed E-state index contributed by atoms with van der Waals surface area (Å²) in [5, 5.41) is 0. The Bertz CT molecular complexity index is 442. The largest absolute Gasteiger partial charge is 0.369 e. The third kappa shape index (κ3) is 2.36. The van der Waals surface area contributed by atoms with Gasteiger partial charge in [-0.15, -0.1) is 0 Å². The van der Waals surface area contributed by atoms with Crippen LogP contribution < -0.4 is 10.6 Å². The van der Waals surface area contributed by atoms with Gasteiger partial charge in [-0.1, -0.05) is 25.0 Å². The van der Waals surface area contributed by atoms with Crippen LogP contribution in [0.1, 0.15) is 44.1 Å². The molecule has 0 unspecified atom stereocenters. The molecule has 0 amide bonds. The van der Waals surface area contributed by atoms with Gasteiger partial charge in [0, 0.05) is 19.6 Å². The van der Waals surface area contributed by atoms with Gasteiger partial charge in [0.15, 0.2) is 0 Å². The van der Waals surface area contributed by atoms with Crippen molar-refractivity contribution in [1.82, 2.24) is 0 Å². The highest BCUT2D eigenvalue weighted by atomic mass is 19.1. The predicted octanol–water partition coefficient (Wildman–Crippen LogP) is 3.45. The number of anilines is 1. The Morgan fingerprint density at radius 1 is 1.11 bits per heavy atom. The Balaban J connectivity index is 1.78. The maximum atomic E-state index is 14.1. The molecule has 1 spiro atoms. The van der Waals surface area contributed by atoms with Crippen molar-refractivity contribution >= 4 is 5.69 Å². The molecule has 19 heavy (non-hydrogen) atoms. The van der Waals surface area contributed by atoms with Gasteiger partial charge in [0.2, 0.25) is 0 Å². The van der Waals surface area contributed by atoms with Gasteiger partial charge in [0.05, 0.1) is 5.69 Å². The number of para-hydroxylation sites is 1. The van der Waals surface area contributed by atoms with Crippen LogP contribution in [0.15, 0.2) is 18.2 Å². The highest BCUT2D eigenvalue weighted by molar-refractivity contribution is 5.55. The number of rotatable bonds is 2. The molecule has 1 saturated carbocycles. The lowest BCUT2D eigenvalue weighted by Crippen LogP contribution is -2.39. The van der Waals surface area contributed by atoms with Crippen LogP contribution in [-0.2, 0) is 6.54 Å². The highest BCUT2D eigenvalue weighted by Gasteiger charge is 2.37. The van der Waals surface area contributed by atoms with Crippen molar-refractivity contribution in [3.05, 3.63) is 29.6 Å². The van der Waals surface area contributed by atoms with Crippen LogP contribution in [0.25, 0.3) is 0 Å². The summed E-state index contributed by atoms with van der Waals surface area (Å²) in [7, 11) is 0. The molecule has 3 rings (SSSR count). The van der Waals surface area contributed by atoms with E-state index in [4.69, 9.17) is 5.73 Å². The zero-order chi connectivity index (χ0) is 13.3. The molecule has 0 bridgehead atoms. The Hall–Kier alpha value is -1.09. The van der Waals surface area contributed by atoms with Gasteiger partial charge in [-0.2, -0.15) is 0 Å². The molecule has 1 aromatic rings. The van der Waals surface area contributed by atoms with E-state index >= 15 is 0 Å². The molecule has 0 radical (unpaired) electrons. The first-order valence-corrected chi connectivity index (χ1v) is 7.47. The summed E-state index contributed by atoms with van der Waals surface area (Å²) < 4.78 is 14.1. The fourth-order valence-corrected chi connectivity index (χ4v) is 3.91. The summed E-state index contributed by atoms with van der Waals surface area (Å²) in [6.45, 7) is 2.37. The molecule has 2 nitrogen and oxygen atoms in total. The third-order valence-corrected chi connectivity index (χ3v) is 5.09. The molecule has 1 heterocycles. The van der Waals surface area contributed by atoms with Gasteiger partial charge in [-0.25, -0.2) is 4.39 Å². The first kappa shape index (κ1) is 12.9. The van der Waals surface area contributed by atoms with Crippen LogP contribution in [-0.4, -0.2) is 13.1 Å². The first-order valence-electron chi connectivity index (χ1n) is 7.47. The smallest absolute Gasteiger partial charge is 0.146 e. The number of hydrogen-bond acceptors (Lipinski definition) is 2. The molecule has 1 aliphatic carbocycles. The second-order valence-corrected chi connectivity index (χ2v) is 6.15. The topological polar surface area (TPSA) is 29.3 Å². The Morgan fingerprint density at radius 2 is 1.79 bits per heavy atom. The number of nitrogens with zero attached hydrogens (tertiary/aromatic N) is 1. The molecule has 2 N–H and O–H groups in total. The average molecular weight is 262 g/mol. The lowest BCUT2D eigenvalue weighted by molar-refractivity contribution is 0.226. The van der Waals surface area contributed by atoms with Crippen molar-refractivity contribution in [2.45, 2.75) is 45.1 Å². The van der Waals surface area contributed by atoms with Crippen LogP contribution in [0.2, 0.25) is 0 Å². The van der Waals surface area contributed by atoms with Crippen molar-refractivity contribution in [1.29, 1.82) is 0 Å². The molecule has 1 aliphatic heterocycles. The van der Waals surface area contributed by atoms with Gasteiger partial charge >= 0.3 is 0 Å². The molecule has 3 heteroatoms. The van der Waals surface area contributed by atoms with E-state index in [1.54, 1.807) is 12.1 Å². The molecular weight excluding hydrogens is 239 g/mol. The zero-order valence-electron chi connectivity index (χ0n) is 11.5. The van der Waals surface area contributed by atoms with Crippen molar-refractivity contribution in [2.75, 3.05) is 18.0 Å². The molecule has 0 atom stereocenters. The molecule has 2 fully saturated rings. The van der Waals surface area contributed by atoms with Crippen molar-refractivity contribution < 1.29 is 4.39 Å². The maximum Gasteiger partial charge on any atom is 0.146 e. The average Bonchev–Trinajstić information content (AvgIpc) is 2.88. The summed E-state index contributed by atoms with van der Waals surface area (Å²) in [5.41, 5.74) is 8.00. The minimum Gasteiger partial charge on any atom is -0.369 e. The van der Waals surface area contributed by atoms with Crippen molar-refractivity contribution in [3.8, 4) is 0 Å². The second kappa shape index (κ2) is 5.12. The van der Waals surface area contributed by atoms with E-state index in [1.807, 2.05) is 6.07 Å². The molecule has 2 aliphatic rings. The summed E-state index contributed by atoms with van der Waals surface area (Å²) in [5.74, 6) is -0.120. The van der Waals surface area contributed by atoms with Crippen LogP contribution in [0.5, 0.6) is 0 Å². The number of piperidine rings is 1.